The lowest BCUT2D eigenvalue weighted by Crippen LogP contribution is -2.59. The van der Waals surface area contributed by atoms with E-state index >= 15 is 0 Å². The minimum Gasteiger partial charge on any atom is -0.377 e. The first kappa shape index (κ1) is 19.3. The van der Waals surface area contributed by atoms with Crippen molar-refractivity contribution >= 4 is 11.4 Å². The number of hydrogen-bond donors (Lipinski definition) is 1. The molecule has 1 aromatic rings. The number of nitrogens with zero attached hydrogens (tertiary/aromatic N) is 2. The Kier molecular flexibility index (Phi) is 5.51. The number of nitro benzene ring substituents is 1. The summed E-state index contributed by atoms with van der Waals surface area (Å²) in [6, 6.07) is 9.60. The minimum atomic E-state index is -0.262. The molecule has 2 heterocycles. The maximum absolute atomic E-state index is 11.4. The quantitative estimate of drug-likeness (QED) is 0.519. The van der Waals surface area contributed by atoms with Gasteiger partial charge in [0.05, 0.1) is 4.92 Å². The molecule has 158 valence electrons. The van der Waals surface area contributed by atoms with E-state index in [1.54, 1.807) is 12.1 Å². The number of fused-ring (bicyclic) bond motifs is 4. The van der Waals surface area contributed by atoms with Gasteiger partial charge < -0.3 is 5.32 Å². The second kappa shape index (κ2) is 8.25. The van der Waals surface area contributed by atoms with Crippen LogP contribution in [0.3, 0.4) is 0 Å². The van der Waals surface area contributed by atoms with Crippen molar-refractivity contribution in [3.63, 3.8) is 0 Å². The number of piperidine rings is 2. The summed E-state index contributed by atoms with van der Waals surface area (Å²) < 4.78 is 0. The second-order valence-electron chi connectivity index (χ2n) is 10.2. The van der Waals surface area contributed by atoms with Crippen molar-refractivity contribution in [1.29, 1.82) is 0 Å². The number of nitrogens with one attached hydrogen (secondary N) is 1. The minimum absolute atomic E-state index is 0.205. The molecule has 0 amide bonds. The maximum atomic E-state index is 11.4. The summed E-state index contributed by atoms with van der Waals surface area (Å²) in [4.78, 5) is 14.1. The third kappa shape index (κ3) is 4.03. The van der Waals surface area contributed by atoms with Gasteiger partial charge in [0.2, 0.25) is 0 Å². The molecule has 5 nitrogen and oxygen atoms in total. The molecule has 2 saturated carbocycles. The van der Waals surface area contributed by atoms with Gasteiger partial charge in [-0.05, 0) is 62.8 Å². The topological polar surface area (TPSA) is 58.4 Å². The van der Waals surface area contributed by atoms with Gasteiger partial charge in [0.25, 0.3) is 5.69 Å². The number of anilines is 1. The number of rotatable bonds is 4. The third-order valence-electron chi connectivity index (χ3n) is 8.27. The highest BCUT2D eigenvalue weighted by Crippen LogP contribution is 2.45. The lowest BCUT2D eigenvalue weighted by molar-refractivity contribution is -0.384. The fraction of sp³-hybridized carbons (Fsp3) is 0.750. The van der Waals surface area contributed by atoms with Crippen LogP contribution in [0.4, 0.5) is 11.4 Å². The summed E-state index contributed by atoms with van der Waals surface area (Å²) in [7, 11) is 0. The van der Waals surface area contributed by atoms with Crippen LogP contribution in [-0.2, 0) is 0 Å². The van der Waals surface area contributed by atoms with E-state index in [-0.39, 0.29) is 10.6 Å². The molecule has 1 aromatic carbocycles. The average Bonchev–Trinajstić information content (AvgIpc) is 2.87. The molecule has 0 spiro atoms. The summed E-state index contributed by atoms with van der Waals surface area (Å²) in [5.41, 5.74) is 0.897. The summed E-state index contributed by atoms with van der Waals surface area (Å²) in [6.45, 7) is 0. The van der Waals surface area contributed by atoms with E-state index < -0.39 is 0 Å². The lowest BCUT2D eigenvalue weighted by Gasteiger charge is -2.54. The van der Waals surface area contributed by atoms with E-state index in [1.807, 2.05) is 12.1 Å². The number of benzene rings is 1. The largest absolute Gasteiger partial charge is 0.377 e. The Balaban J connectivity index is 1.30. The van der Waals surface area contributed by atoms with Crippen molar-refractivity contribution in [2.45, 2.75) is 101 Å². The highest BCUT2D eigenvalue weighted by atomic mass is 16.6. The van der Waals surface area contributed by atoms with E-state index in [0.29, 0.717) is 23.8 Å². The molecule has 6 atom stereocenters. The van der Waals surface area contributed by atoms with Crippen LogP contribution in [0.2, 0.25) is 0 Å². The molecule has 5 rings (SSSR count). The summed E-state index contributed by atoms with van der Waals surface area (Å²) >= 11 is 0. The molecule has 4 fully saturated rings. The SMILES string of the molecule is O=[N+]([O-])c1ccccc1N[C@@H]1C[C@H]2CCC[C@@H](C1)N2[C@@H]1C[C@@H]2CCCC[C@@H](C2)C1. The fourth-order valence-electron chi connectivity index (χ4n) is 7.22. The van der Waals surface area contributed by atoms with Crippen LogP contribution >= 0.6 is 0 Å². The van der Waals surface area contributed by atoms with Crippen molar-refractivity contribution in [3.05, 3.63) is 34.4 Å². The van der Waals surface area contributed by atoms with Crippen molar-refractivity contribution in [1.82, 2.24) is 4.90 Å². The Bertz CT molecular complexity index is 711. The first-order valence-electron chi connectivity index (χ1n) is 11.9. The van der Waals surface area contributed by atoms with Crippen LogP contribution < -0.4 is 5.32 Å². The Hall–Kier alpha value is -1.62. The Morgan fingerprint density at radius 1 is 0.828 bits per heavy atom. The first-order valence-corrected chi connectivity index (χ1v) is 11.9. The second-order valence-corrected chi connectivity index (χ2v) is 10.2. The van der Waals surface area contributed by atoms with Gasteiger partial charge >= 0.3 is 0 Å². The zero-order chi connectivity index (χ0) is 19.8. The Labute approximate surface area is 174 Å². The Morgan fingerprint density at radius 2 is 1.48 bits per heavy atom. The van der Waals surface area contributed by atoms with E-state index in [9.17, 15) is 10.1 Å². The molecule has 29 heavy (non-hydrogen) atoms. The molecule has 4 aliphatic rings. The highest BCUT2D eigenvalue weighted by Gasteiger charge is 2.44. The molecule has 2 aliphatic heterocycles. The van der Waals surface area contributed by atoms with Crippen LogP contribution in [0.25, 0.3) is 0 Å². The first-order chi connectivity index (χ1) is 14.2. The summed E-state index contributed by atoms with van der Waals surface area (Å²) in [6.07, 6.45) is 16.4. The smallest absolute Gasteiger partial charge is 0.292 e. The summed E-state index contributed by atoms with van der Waals surface area (Å²) in [5, 5.41) is 15.0. The van der Waals surface area contributed by atoms with Crippen molar-refractivity contribution < 1.29 is 4.92 Å². The van der Waals surface area contributed by atoms with Crippen molar-refractivity contribution in [2.75, 3.05) is 5.32 Å². The molecule has 0 aromatic heterocycles. The Morgan fingerprint density at radius 3 is 2.14 bits per heavy atom. The fourth-order valence-corrected chi connectivity index (χ4v) is 7.22. The zero-order valence-corrected chi connectivity index (χ0v) is 17.5. The molecule has 2 saturated heterocycles. The molecule has 0 radical (unpaired) electrons. The van der Waals surface area contributed by atoms with Crippen LogP contribution in [0.1, 0.15) is 77.0 Å². The molecule has 4 bridgehead atoms. The van der Waals surface area contributed by atoms with E-state index in [0.717, 1.165) is 30.7 Å². The average molecular weight is 398 g/mol. The van der Waals surface area contributed by atoms with Gasteiger partial charge in [-0.15, -0.1) is 0 Å². The van der Waals surface area contributed by atoms with E-state index in [4.69, 9.17) is 0 Å². The van der Waals surface area contributed by atoms with Crippen LogP contribution in [0.5, 0.6) is 0 Å². The number of hydrogen-bond acceptors (Lipinski definition) is 4. The number of nitro groups is 1. The van der Waals surface area contributed by atoms with Gasteiger partial charge in [0.15, 0.2) is 0 Å². The molecule has 0 unspecified atom stereocenters. The van der Waals surface area contributed by atoms with E-state index in [1.165, 1.54) is 64.2 Å². The zero-order valence-electron chi connectivity index (χ0n) is 17.5. The molecular formula is C24H35N3O2. The van der Waals surface area contributed by atoms with Gasteiger partial charge in [-0.1, -0.05) is 44.2 Å². The van der Waals surface area contributed by atoms with Gasteiger partial charge in [0, 0.05) is 30.2 Å². The van der Waals surface area contributed by atoms with Gasteiger partial charge in [-0.3, -0.25) is 15.0 Å². The van der Waals surface area contributed by atoms with Crippen molar-refractivity contribution in [2.24, 2.45) is 11.8 Å². The van der Waals surface area contributed by atoms with Gasteiger partial charge in [-0.2, -0.15) is 0 Å². The van der Waals surface area contributed by atoms with Gasteiger partial charge in [-0.25, -0.2) is 0 Å². The van der Waals surface area contributed by atoms with Crippen molar-refractivity contribution in [3.8, 4) is 0 Å². The standard InChI is InChI=1S/C24H35N3O2/c28-27(29)24-11-4-3-10-23(24)25-19-15-20-8-5-9-21(16-19)26(20)22-13-17-6-1-2-7-18(12-17)14-22/h3-4,10-11,17-22,25H,1-2,5-9,12-16H2/t17-,18+,19-,20-,21+,22-. The maximum Gasteiger partial charge on any atom is 0.292 e. The number of para-hydroxylation sites is 2. The molecular weight excluding hydrogens is 362 g/mol. The van der Waals surface area contributed by atoms with Crippen LogP contribution in [0, 0.1) is 22.0 Å². The molecule has 1 N–H and O–H groups in total. The van der Waals surface area contributed by atoms with Gasteiger partial charge in [0.1, 0.15) is 5.69 Å². The normalized spacial score (nSPS) is 37.5. The van der Waals surface area contributed by atoms with Crippen LogP contribution in [0.15, 0.2) is 24.3 Å². The highest BCUT2D eigenvalue weighted by molar-refractivity contribution is 5.61. The monoisotopic (exact) mass is 397 g/mol. The lowest BCUT2D eigenvalue weighted by atomic mass is 9.73. The van der Waals surface area contributed by atoms with E-state index in [2.05, 4.69) is 10.2 Å². The van der Waals surface area contributed by atoms with Crippen LogP contribution in [-0.4, -0.2) is 34.0 Å². The molecule has 5 heteroatoms. The third-order valence-corrected chi connectivity index (χ3v) is 8.27. The molecule has 2 aliphatic carbocycles. The summed E-state index contributed by atoms with van der Waals surface area (Å²) in [5.74, 6) is 1.93. The predicted octanol–water partition coefficient (Wildman–Crippen LogP) is 5.75. The predicted molar refractivity (Wildman–Crippen MR) is 116 cm³/mol.